The molecule has 2 aromatic rings. The molecule has 9 heteroatoms. The average molecular weight is 502 g/mol. The minimum absolute atomic E-state index is 0.0715. The molecule has 0 radical (unpaired) electrons. The van der Waals surface area contributed by atoms with Gasteiger partial charge in [0.1, 0.15) is 17.7 Å². The minimum Gasteiger partial charge on any atom is -0.488 e. The van der Waals surface area contributed by atoms with E-state index in [0.29, 0.717) is 25.2 Å². The predicted octanol–water partition coefficient (Wildman–Crippen LogP) is 3.74. The number of hydrogen-bond donors (Lipinski definition) is 1. The first-order valence-corrected chi connectivity index (χ1v) is 13.8. The molecule has 1 amide bonds. The predicted molar refractivity (Wildman–Crippen MR) is 131 cm³/mol. The molecular formula is C26H32FN3O4S. The number of rotatable bonds is 8. The van der Waals surface area contributed by atoms with Gasteiger partial charge >= 0.3 is 10.2 Å². The Morgan fingerprint density at radius 3 is 2.49 bits per heavy atom. The molecule has 3 aliphatic rings. The van der Waals surface area contributed by atoms with Crippen LogP contribution in [0.3, 0.4) is 0 Å². The van der Waals surface area contributed by atoms with Crippen LogP contribution in [0, 0.1) is 12.7 Å². The van der Waals surface area contributed by atoms with Gasteiger partial charge < -0.3 is 4.74 Å². The maximum absolute atomic E-state index is 14.9. The SMILES string of the molecule is Cc1ccc(CN2CCC[C@@H](Oc3cc(F)c(C4CC4)cc3C(=O)NS(=O)(=O)N3CCC3)C2)cc1. The molecule has 188 valence electrons. The van der Waals surface area contributed by atoms with E-state index in [1.807, 2.05) is 0 Å². The van der Waals surface area contributed by atoms with Gasteiger partial charge in [-0.15, -0.1) is 0 Å². The third-order valence-corrected chi connectivity index (χ3v) is 8.51. The van der Waals surface area contributed by atoms with Crippen LogP contribution in [0.5, 0.6) is 5.75 Å². The Labute approximate surface area is 206 Å². The van der Waals surface area contributed by atoms with Gasteiger partial charge in [-0.05, 0) is 68.7 Å². The lowest BCUT2D eigenvalue weighted by molar-refractivity contribution is 0.0813. The van der Waals surface area contributed by atoms with E-state index in [0.717, 1.165) is 45.2 Å². The standard InChI is InChI=1S/C26H32FN3O4S/c1-18-5-7-19(8-6-18)16-29-11-2-4-21(17-29)34-25-15-24(27)22(20-9-10-20)14-23(25)26(31)28-35(32,33)30-12-3-13-30/h5-8,14-15,20-21H,2-4,9-13,16-17H2,1H3,(H,28,31)/t21-/m1/s1. The van der Waals surface area contributed by atoms with E-state index in [1.165, 1.54) is 27.6 Å². The quantitative estimate of drug-likeness (QED) is 0.596. The highest BCUT2D eigenvalue weighted by atomic mass is 32.2. The first-order valence-electron chi connectivity index (χ1n) is 12.4. The summed E-state index contributed by atoms with van der Waals surface area (Å²) in [5.41, 5.74) is 2.96. The molecule has 1 atom stereocenters. The van der Waals surface area contributed by atoms with Crippen molar-refractivity contribution in [2.24, 2.45) is 0 Å². The zero-order valence-electron chi connectivity index (χ0n) is 20.0. The number of ether oxygens (including phenoxy) is 1. The summed E-state index contributed by atoms with van der Waals surface area (Å²) >= 11 is 0. The zero-order chi connectivity index (χ0) is 24.6. The molecule has 3 fully saturated rings. The molecule has 1 aliphatic carbocycles. The Hall–Kier alpha value is -2.49. The lowest BCUT2D eigenvalue weighted by atomic mass is 10.0. The van der Waals surface area contributed by atoms with Crippen LogP contribution in [0.4, 0.5) is 4.39 Å². The highest BCUT2D eigenvalue weighted by Crippen LogP contribution is 2.43. The summed E-state index contributed by atoms with van der Waals surface area (Å²) in [6.07, 6.45) is 3.97. The van der Waals surface area contributed by atoms with Crippen LogP contribution >= 0.6 is 0 Å². The van der Waals surface area contributed by atoms with Crippen molar-refractivity contribution in [1.29, 1.82) is 0 Å². The van der Waals surface area contributed by atoms with Gasteiger partial charge in [-0.3, -0.25) is 9.69 Å². The fourth-order valence-electron chi connectivity index (χ4n) is 4.70. The van der Waals surface area contributed by atoms with Gasteiger partial charge in [0.25, 0.3) is 5.91 Å². The molecule has 35 heavy (non-hydrogen) atoms. The van der Waals surface area contributed by atoms with Gasteiger partial charge in [0, 0.05) is 32.2 Å². The fourth-order valence-corrected chi connectivity index (χ4v) is 5.91. The molecule has 2 saturated heterocycles. The second kappa shape index (κ2) is 9.87. The van der Waals surface area contributed by atoms with Crippen LogP contribution in [0.1, 0.15) is 65.1 Å². The molecule has 1 N–H and O–H groups in total. The van der Waals surface area contributed by atoms with Crippen LogP contribution in [-0.4, -0.2) is 55.8 Å². The number of carbonyl (C=O) groups is 1. The molecule has 0 bridgehead atoms. The second-order valence-electron chi connectivity index (χ2n) is 9.94. The van der Waals surface area contributed by atoms with Crippen LogP contribution in [0.15, 0.2) is 36.4 Å². The van der Waals surface area contributed by atoms with Crippen molar-refractivity contribution in [3.05, 3.63) is 64.5 Å². The smallest absolute Gasteiger partial charge is 0.304 e. The largest absolute Gasteiger partial charge is 0.488 e. The van der Waals surface area contributed by atoms with Crippen LogP contribution in [-0.2, 0) is 16.8 Å². The van der Waals surface area contributed by atoms with Crippen molar-refractivity contribution < 1.29 is 22.3 Å². The molecule has 0 unspecified atom stereocenters. The average Bonchev–Trinajstić information content (AvgIpc) is 3.59. The van der Waals surface area contributed by atoms with Crippen molar-refractivity contribution in [3.8, 4) is 5.75 Å². The van der Waals surface area contributed by atoms with Crippen molar-refractivity contribution in [2.75, 3.05) is 26.2 Å². The molecule has 0 aromatic heterocycles. The Bertz CT molecular complexity index is 1190. The Morgan fingerprint density at radius 2 is 1.83 bits per heavy atom. The van der Waals surface area contributed by atoms with E-state index >= 15 is 0 Å². The van der Waals surface area contributed by atoms with Crippen molar-refractivity contribution in [2.45, 2.75) is 57.6 Å². The third-order valence-electron chi connectivity index (χ3n) is 7.02. The van der Waals surface area contributed by atoms with Crippen molar-refractivity contribution in [3.63, 3.8) is 0 Å². The van der Waals surface area contributed by atoms with Crippen LogP contribution in [0.2, 0.25) is 0 Å². The molecule has 7 nitrogen and oxygen atoms in total. The number of nitrogens with zero attached hydrogens (tertiary/aromatic N) is 2. The highest BCUT2D eigenvalue weighted by Gasteiger charge is 2.33. The van der Waals surface area contributed by atoms with Gasteiger partial charge in [0.15, 0.2) is 0 Å². The number of carbonyl (C=O) groups excluding carboxylic acids is 1. The van der Waals surface area contributed by atoms with Gasteiger partial charge in [-0.1, -0.05) is 29.8 Å². The molecule has 0 spiro atoms. The lowest BCUT2D eigenvalue weighted by Gasteiger charge is -2.33. The van der Waals surface area contributed by atoms with Crippen LogP contribution < -0.4 is 9.46 Å². The second-order valence-corrected chi connectivity index (χ2v) is 11.6. The number of hydrogen-bond acceptors (Lipinski definition) is 5. The molecule has 1 saturated carbocycles. The monoisotopic (exact) mass is 501 g/mol. The Balaban J connectivity index is 1.33. The molecule has 2 aliphatic heterocycles. The number of benzene rings is 2. The van der Waals surface area contributed by atoms with E-state index in [1.54, 1.807) is 0 Å². The topological polar surface area (TPSA) is 79.0 Å². The van der Waals surface area contributed by atoms with E-state index in [4.69, 9.17) is 4.74 Å². The van der Waals surface area contributed by atoms with E-state index in [9.17, 15) is 17.6 Å². The summed E-state index contributed by atoms with van der Waals surface area (Å²) in [4.78, 5) is 15.4. The zero-order valence-corrected chi connectivity index (χ0v) is 20.8. The fraction of sp³-hybridized carbons (Fsp3) is 0.500. The first-order chi connectivity index (χ1) is 16.8. The van der Waals surface area contributed by atoms with E-state index < -0.39 is 21.9 Å². The van der Waals surface area contributed by atoms with E-state index in [-0.39, 0.29) is 23.3 Å². The van der Waals surface area contributed by atoms with E-state index in [2.05, 4.69) is 40.8 Å². The number of halogens is 1. The van der Waals surface area contributed by atoms with Gasteiger partial charge in [-0.2, -0.15) is 12.7 Å². The maximum Gasteiger partial charge on any atom is 0.304 e. The number of aryl methyl sites for hydroxylation is 1. The summed E-state index contributed by atoms with van der Waals surface area (Å²) < 4.78 is 49.5. The molecule has 5 rings (SSSR count). The third kappa shape index (κ3) is 5.68. The summed E-state index contributed by atoms with van der Waals surface area (Å²) in [5.74, 6) is -1.01. The van der Waals surface area contributed by atoms with Gasteiger partial charge in [0.2, 0.25) is 0 Å². The molecule has 2 aromatic carbocycles. The van der Waals surface area contributed by atoms with Crippen molar-refractivity contribution >= 4 is 16.1 Å². The summed E-state index contributed by atoms with van der Waals surface area (Å²) in [7, 11) is -3.92. The normalized spacial score (nSPS) is 21.4. The van der Waals surface area contributed by atoms with Crippen LogP contribution in [0.25, 0.3) is 0 Å². The molecular weight excluding hydrogens is 469 g/mol. The van der Waals surface area contributed by atoms with Gasteiger partial charge in [0.05, 0.1) is 5.56 Å². The Kier molecular flexibility index (Phi) is 6.83. The lowest BCUT2D eigenvalue weighted by Crippen LogP contribution is -2.49. The number of amides is 1. The highest BCUT2D eigenvalue weighted by molar-refractivity contribution is 7.87. The Morgan fingerprint density at radius 1 is 1.09 bits per heavy atom. The van der Waals surface area contributed by atoms with Gasteiger partial charge in [-0.25, -0.2) is 9.11 Å². The number of piperidine rings is 1. The summed E-state index contributed by atoms with van der Waals surface area (Å²) in [6, 6.07) is 11.2. The number of nitrogens with one attached hydrogen (secondary N) is 1. The maximum atomic E-state index is 14.9. The number of likely N-dealkylation sites (tertiary alicyclic amines) is 1. The van der Waals surface area contributed by atoms with Crippen molar-refractivity contribution in [1.82, 2.24) is 13.9 Å². The first kappa shape index (κ1) is 24.2. The summed E-state index contributed by atoms with van der Waals surface area (Å²) in [5, 5.41) is 0. The minimum atomic E-state index is -3.92. The summed E-state index contributed by atoms with van der Waals surface area (Å²) in [6.45, 7) is 5.21. The molecule has 2 heterocycles.